The molecule has 176 valence electrons. The molecule has 1 atom stereocenters. The SMILES string of the molecule is CCCCCCCCC(=O)Nc1ccc(C2NC(=S)N(C)C(C)=C2C(=O)OC(C)C)cc1. The Morgan fingerprint density at radius 2 is 1.75 bits per heavy atom. The van der Waals surface area contributed by atoms with Crippen LogP contribution in [0, 0.1) is 0 Å². The lowest BCUT2D eigenvalue weighted by atomic mass is 9.95. The smallest absolute Gasteiger partial charge is 0.338 e. The number of unbranched alkanes of at least 4 members (excludes halogenated alkanes) is 5. The van der Waals surface area contributed by atoms with Crippen LogP contribution in [0.3, 0.4) is 0 Å². The van der Waals surface area contributed by atoms with Gasteiger partial charge in [-0.15, -0.1) is 0 Å². The Bertz CT molecular complexity index is 833. The number of ether oxygens (including phenoxy) is 1. The van der Waals surface area contributed by atoms with E-state index in [9.17, 15) is 9.59 Å². The number of amides is 1. The van der Waals surface area contributed by atoms with Gasteiger partial charge in [-0.3, -0.25) is 4.79 Å². The van der Waals surface area contributed by atoms with Crippen LogP contribution < -0.4 is 10.6 Å². The molecule has 32 heavy (non-hydrogen) atoms. The van der Waals surface area contributed by atoms with Gasteiger partial charge in [0.05, 0.1) is 17.7 Å². The molecule has 1 aromatic carbocycles. The van der Waals surface area contributed by atoms with Gasteiger partial charge < -0.3 is 20.3 Å². The minimum atomic E-state index is -0.405. The molecule has 1 amide bonds. The van der Waals surface area contributed by atoms with Crippen molar-refractivity contribution in [2.75, 3.05) is 12.4 Å². The summed E-state index contributed by atoms with van der Waals surface area (Å²) >= 11 is 5.44. The zero-order valence-electron chi connectivity index (χ0n) is 20.0. The molecule has 2 N–H and O–H groups in total. The largest absolute Gasteiger partial charge is 0.459 e. The minimum Gasteiger partial charge on any atom is -0.459 e. The molecule has 0 bridgehead atoms. The molecule has 0 saturated carbocycles. The molecule has 0 spiro atoms. The van der Waals surface area contributed by atoms with Gasteiger partial charge in [0.1, 0.15) is 0 Å². The summed E-state index contributed by atoms with van der Waals surface area (Å²) in [6.07, 6.45) is 7.25. The molecule has 1 aromatic rings. The highest BCUT2D eigenvalue weighted by atomic mass is 32.1. The van der Waals surface area contributed by atoms with E-state index in [0.717, 1.165) is 29.8 Å². The molecule has 1 heterocycles. The lowest BCUT2D eigenvalue weighted by Crippen LogP contribution is -2.46. The minimum absolute atomic E-state index is 0.0313. The number of nitrogens with zero attached hydrogens (tertiary/aromatic N) is 1. The summed E-state index contributed by atoms with van der Waals surface area (Å²) in [5.74, 6) is -0.329. The van der Waals surface area contributed by atoms with Crippen molar-refractivity contribution in [2.45, 2.75) is 84.8 Å². The number of thiocarbonyl (C=S) groups is 1. The first-order valence-corrected chi connectivity index (χ1v) is 12.0. The third kappa shape index (κ3) is 7.33. The van der Waals surface area contributed by atoms with Crippen LogP contribution in [0.15, 0.2) is 35.5 Å². The molecule has 0 radical (unpaired) electrons. The molecule has 6 nitrogen and oxygen atoms in total. The number of anilines is 1. The number of carbonyl (C=O) groups excluding carboxylic acids is 2. The van der Waals surface area contributed by atoms with E-state index in [1.807, 2.05) is 52.1 Å². The van der Waals surface area contributed by atoms with Gasteiger partial charge in [0, 0.05) is 24.9 Å². The van der Waals surface area contributed by atoms with Gasteiger partial charge in [0.25, 0.3) is 0 Å². The second-order valence-corrected chi connectivity index (χ2v) is 8.97. The summed E-state index contributed by atoms with van der Waals surface area (Å²) in [5.41, 5.74) is 2.92. The van der Waals surface area contributed by atoms with E-state index in [4.69, 9.17) is 17.0 Å². The zero-order valence-corrected chi connectivity index (χ0v) is 20.8. The molecule has 7 heteroatoms. The van der Waals surface area contributed by atoms with Crippen LogP contribution in [0.4, 0.5) is 5.69 Å². The second kappa shape index (κ2) is 12.6. The maximum Gasteiger partial charge on any atom is 0.338 e. The van der Waals surface area contributed by atoms with Gasteiger partial charge in [-0.05, 0) is 57.1 Å². The van der Waals surface area contributed by atoms with Gasteiger partial charge in [-0.1, -0.05) is 51.2 Å². The van der Waals surface area contributed by atoms with Crippen LogP contribution in [0.25, 0.3) is 0 Å². The molecule has 2 rings (SSSR count). The quantitative estimate of drug-likeness (QED) is 0.260. The Labute approximate surface area is 197 Å². The fourth-order valence-electron chi connectivity index (χ4n) is 3.68. The standard InChI is InChI=1S/C25H37N3O3S/c1-6-7-8-9-10-11-12-21(29)26-20-15-13-19(14-16-20)23-22(24(30)31-17(2)3)18(4)28(5)25(32)27-23/h13-17,23H,6-12H2,1-5H3,(H,26,29)(H,27,32). The first kappa shape index (κ1) is 25.8. The molecule has 0 saturated heterocycles. The zero-order chi connectivity index (χ0) is 23.7. The fourth-order valence-corrected chi connectivity index (χ4v) is 3.93. The Morgan fingerprint density at radius 1 is 1.12 bits per heavy atom. The van der Waals surface area contributed by atoms with E-state index in [1.165, 1.54) is 25.7 Å². The van der Waals surface area contributed by atoms with Gasteiger partial charge in [-0.25, -0.2) is 4.79 Å². The highest BCUT2D eigenvalue weighted by molar-refractivity contribution is 7.80. The monoisotopic (exact) mass is 459 g/mol. The summed E-state index contributed by atoms with van der Waals surface area (Å²) in [7, 11) is 1.83. The van der Waals surface area contributed by atoms with Crippen LogP contribution in [-0.4, -0.2) is 35.0 Å². The third-order valence-electron chi connectivity index (χ3n) is 5.60. The summed E-state index contributed by atoms with van der Waals surface area (Å²) in [4.78, 5) is 26.8. The predicted molar refractivity (Wildman–Crippen MR) is 133 cm³/mol. The molecule has 0 aliphatic carbocycles. The molecule has 0 fully saturated rings. The summed E-state index contributed by atoms with van der Waals surface area (Å²) in [6.45, 7) is 7.73. The van der Waals surface area contributed by atoms with Crippen molar-refractivity contribution in [1.82, 2.24) is 10.2 Å². The van der Waals surface area contributed by atoms with E-state index >= 15 is 0 Å². The lowest BCUT2D eigenvalue weighted by Gasteiger charge is -2.35. The van der Waals surface area contributed by atoms with E-state index in [-0.39, 0.29) is 18.0 Å². The van der Waals surface area contributed by atoms with Crippen molar-refractivity contribution in [2.24, 2.45) is 0 Å². The van der Waals surface area contributed by atoms with Crippen LogP contribution in [0.1, 0.15) is 84.2 Å². The van der Waals surface area contributed by atoms with Crippen molar-refractivity contribution in [3.8, 4) is 0 Å². The van der Waals surface area contributed by atoms with Crippen LogP contribution in [0.5, 0.6) is 0 Å². The normalized spacial score (nSPS) is 16.2. The van der Waals surface area contributed by atoms with Gasteiger partial charge in [0.15, 0.2) is 5.11 Å². The average Bonchev–Trinajstić information content (AvgIpc) is 2.74. The number of rotatable bonds is 11. The number of hydrogen-bond donors (Lipinski definition) is 2. The van der Waals surface area contributed by atoms with E-state index in [2.05, 4.69) is 17.6 Å². The molecule has 1 aliphatic rings. The van der Waals surface area contributed by atoms with E-state index < -0.39 is 6.04 Å². The lowest BCUT2D eigenvalue weighted by molar-refractivity contribution is -0.143. The van der Waals surface area contributed by atoms with Crippen LogP contribution in [0.2, 0.25) is 0 Å². The molecular formula is C25H37N3O3S. The molecule has 1 aliphatic heterocycles. The molecule has 1 unspecified atom stereocenters. The van der Waals surface area contributed by atoms with Crippen molar-refractivity contribution >= 4 is 34.9 Å². The van der Waals surface area contributed by atoms with Gasteiger partial charge in [0.2, 0.25) is 5.91 Å². The topological polar surface area (TPSA) is 70.7 Å². The van der Waals surface area contributed by atoms with E-state index in [1.54, 1.807) is 4.90 Å². The van der Waals surface area contributed by atoms with Crippen LogP contribution >= 0.6 is 12.2 Å². The number of hydrogen-bond acceptors (Lipinski definition) is 4. The number of esters is 1. The maximum atomic E-state index is 12.8. The Kier molecular flexibility index (Phi) is 10.2. The first-order valence-electron chi connectivity index (χ1n) is 11.6. The molecule has 0 aromatic heterocycles. The fraction of sp³-hybridized carbons (Fsp3) is 0.560. The predicted octanol–water partition coefficient (Wildman–Crippen LogP) is 5.46. The Balaban J connectivity index is 2.04. The number of nitrogens with one attached hydrogen (secondary N) is 2. The van der Waals surface area contributed by atoms with Crippen molar-refractivity contribution in [3.05, 3.63) is 41.1 Å². The van der Waals surface area contributed by atoms with Gasteiger partial charge in [-0.2, -0.15) is 0 Å². The van der Waals surface area contributed by atoms with Crippen molar-refractivity contribution < 1.29 is 14.3 Å². The first-order chi connectivity index (χ1) is 15.2. The second-order valence-electron chi connectivity index (χ2n) is 8.58. The van der Waals surface area contributed by atoms with Crippen molar-refractivity contribution in [3.63, 3.8) is 0 Å². The maximum absolute atomic E-state index is 12.8. The van der Waals surface area contributed by atoms with E-state index in [0.29, 0.717) is 17.1 Å². The number of benzene rings is 1. The highest BCUT2D eigenvalue weighted by Crippen LogP contribution is 2.31. The van der Waals surface area contributed by atoms with Gasteiger partial charge >= 0.3 is 5.97 Å². The third-order valence-corrected chi connectivity index (χ3v) is 5.99. The molecular weight excluding hydrogens is 422 g/mol. The summed E-state index contributed by atoms with van der Waals surface area (Å²) in [5, 5.41) is 6.75. The summed E-state index contributed by atoms with van der Waals surface area (Å²) < 4.78 is 5.48. The number of allylic oxidation sites excluding steroid dienone is 1. The average molecular weight is 460 g/mol. The number of carbonyl (C=O) groups is 2. The summed E-state index contributed by atoms with van der Waals surface area (Å²) in [6, 6.07) is 7.12. The highest BCUT2D eigenvalue weighted by Gasteiger charge is 2.33. The Hall–Kier alpha value is -2.41. The van der Waals surface area contributed by atoms with Crippen LogP contribution in [-0.2, 0) is 14.3 Å². The van der Waals surface area contributed by atoms with Crippen molar-refractivity contribution in [1.29, 1.82) is 0 Å². The Morgan fingerprint density at radius 3 is 2.38 bits per heavy atom.